The Morgan fingerprint density at radius 1 is 1.11 bits per heavy atom. The summed E-state index contributed by atoms with van der Waals surface area (Å²) in [6, 6.07) is 12.8. The van der Waals surface area contributed by atoms with Gasteiger partial charge in [-0.2, -0.15) is 10.1 Å². The van der Waals surface area contributed by atoms with Gasteiger partial charge in [0.05, 0.1) is 23.1 Å². The fourth-order valence-corrected chi connectivity index (χ4v) is 8.01. The Morgan fingerprint density at radius 3 is 2.77 bits per heavy atom. The van der Waals surface area contributed by atoms with E-state index in [4.69, 9.17) is 21.7 Å². The first-order chi connectivity index (χ1) is 25.6. The number of piperidine rings is 2. The number of rotatable bonds is 12. The van der Waals surface area contributed by atoms with Crippen LogP contribution in [0.1, 0.15) is 62.1 Å². The smallest absolute Gasteiger partial charge is 0.227 e. The first kappa shape index (κ1) is 36.2. The van der Waals surface area contributed by atoms with Gasteiger partial charge in [-0.3, -0.25) is 4.68 Å². The van der Waals surface area contributed by atoms with Crippen molar-refractivity contribution in [3.05, 3.63) is 114 Å². The van der Waals surface area contributed by atoms with Gasteiger partial charge in [-0.25, -0.2) is 4.98 Å². The van der Waals surface area contributed by atoms with E-state index >= 15 is 0 Å². The van der Waals surface area contributed by atoms with Gasteiger partial charge in [-0.1, -0.05) is 50.0 Å². The lowest BCUT2D eigenvalue weighted by atomic mass is 9.90. The average Bonchev–Trinajstić information content (AvgIpc) is 3.49. The zero-order valence-electron chi connectivity index (χ0n) is 31.2. The second-order valence-corrected chi connectivity index (χ2v) is 14.9. The number of benzene rings is 2. The number of nitrogens with one attached hydrogen (secondary N) is 4. The molecule has 2 aromatic heterocycles. The topological polar surface area (TPSA) is 98.2 Å². The summed E-state index contributed by atoms with van der Waals surface area (Å²) in [6.07, 6.45) is 10.8. The van der Waals surface area contributed by atoms with E-state index in [1.165, 1.54) is 17.4 Å². The Morgan fingerprint density at radius 2 is 1.96 bits per heavy atom. The second kappa shape index (κ2) is 15.4. The van der Waals surface area contributed by atoms with Gasteiger partial charge in [0, 0.05) is 91.8 Å². The Balaban J connectivity index is 0.999. The van der Waals surface area contributed by atoms with Crippen molar-refractivity contribution >= 4 is 57.4 Å². The Labute approximate surface area is 318 Å². The largest absolute Gasteiger partial charge is 0.392 e. The van der Waals surface area contributed by atoms with Crippen LogP contribution in [-0.4, -0.2) is 53.5 Å². The molecule has 2 fully saturated rings. The highest BCUT2D eigenvalue weighted by Crippen LogP contribution is 2.39. The van der Waals surface area contributed by atoms with Crippen molar-refractivity contribution in [3.63, 3.8) is 0 Å². The number of likely N-dealkylation sites (N-methyl/N-ethyl adjacent to an activating group) is 1. The molecule has 2 saturated heterocycles. The molecule has 2 atom stereocenters. The molecule has 10 nitrogen and oxygen atoms in total. The third-order valence-corrected chi connectivity index (χ3v) is 11.2. The quantitative estimate of drug-likeness (QED) is 0.114. The SMILES string of the molecule is C=C(CCC1=Cc2cc(Nc3nc(N4CCC[C@@H](CCNc5cccc6c(C7CCC(=C)NC7=C)nn(C)c56)C4)ncc3Cl)ccc2N(C)C1=C)NC. The molecule has 11 heteroatoms. The summed E-state index contributed by atoms with van der Waals surface area (Å²) >= 11 is 6.67. The lowest BCUT2D eigenvalue weighted by molar-refractivity contribution is 0.396. The van der Waals surface area contributed by atoms with Crippen LogP contribution in [0.4, 0.5) is 28.8 Å². The molecule has 7 rings (SSSR count). The summed E-state index contributed by atoms with van der Waals surface area (Å²) in [6.45, 7) is 19.5. The third kappa shape index (κ3) is 7.64. The van der Waals surface area contributed by atoms with Crippen molar-refractivity contribution in [2.24, 2.45) is 13.0 Å². The average molecular weight is 731 g/mol. The molecule has 5 heterocycles. The van der Waals surface area contributed by atoms with E-state index in [9.17, 15) is 0 Å². The first-order valence-corrected chi connectivity index (χ1v) is 19.0. The van der Waals surface area contributed by atoms with Crippen LogP contribution >= 0.6 is 11.6 Å². The maximum atomic E-state index is 6.67. The van der Waals surface area contributed by atoms with Gasteiger partial charge in [0.2, 0.25) is 5.95 Å². The normalized spacial score (nSPS) is 18.8. The molecule has 4 N–H and O–H groups in total. The number of para-hydroxylation sites is 1. The third-order valence-electron chi connectivity index (χ3n) is 10.9. The molecule has 0 spiro atoms. The van der Waals surface area contributed by atoms with Crippen LogP contribution in [0.15, 0.2) is 97.3 Å². The van der Waals surface area contributed by atoms with Crippen LogP contribution in [0, 0.1) is 5.92 Å². The molecule has 276 valence electrons. The maximum Gasteiger partial charge on any atom is 0.227 e. The van der Waals surface area contributed by atoms with Gasteiger partial charge in [-0.05, 0) is 86.8 Å². The van der Waals surface area contributed by atoms with Crippen LogP contribution in [-0.2, 0) is 7.05 Å². The van der Waals surface area contributed by atoms with E-state index in [0.29, 0.717) is 22.7 Å². The van der Waals surface area contributed by atoms with Crippen LogP contribution in [0.3, 0.4) is 0 Å². The van der Waals surface area contributed by atoms with E-state index in [1.54, 1.807) is 6.20 Å². The highest BCUT2D eigenvalue weighted by molar-refractivity contribution is 6.32. The van der Waals surface area contributed by atoms with Crippen LogP contribution < -0.4 is 31.1 Å². The molecule has 0 saturated carbocycles. The van der Waals surface area contributed by atoms with Crippen LogP contribution in [0.25, 0.3) is 17.0 Å². The van der Waals surface area contributed by atoms with Crippen molar-refractivity contribution in [1.29, 1.82) is 0 Å². The number of anilines is 5. The van der Waals surface area contributed by atoms with Gasteiger partial charge < -0.3 is 31.1 Å². The molecule has 0 bridgehead atoms. The number of hydrogen-bond donors (Lipinski definition) is 4. The van der Waals surface area contributed by atoms with Crippen molar-refractivity contribution in [2.45, 2.75) is 50.9 Å². The number of nitrogens with zero attached hydrogens (tertiary/aromatic N) is 6. The minimum absolute atomic E-state index is 0.171. The van der Waals surface area contributed by atoms with Gasteiger partial charge in [0.15, 0.2) is 5.82 Å². The van der Waals surface area contributed by atoms with Crippen molar-refractivity contribution in [1.82, 2.24) is 30.4 Å². The number of halogens is 1. The molecule has 3 aliphatic heterocycles. The maximum absolute atomic E-state index is 6.67. The van der Waals surface area contributed by atoms with E-state index < -0.39 is 0 Å². The fourth-order valence-electron chi connectivity index (χ4n) is 7.88. The summed E-state index contributed by atoms with van der Waals surface area (Å²) in [5.74, 6) is 1.98. The highest BCUT2D eigenvalue weighted by atomic mass is 35.5. The molecule has 0 radical (unpaired) electrons. The number of hydrogen-bond acceptors (Lipinski definition) is 9. The molecule has 3 aliphatic rings. The molecule has 53 heavy (non-hydrogen) atoms. The summed E-state index contributed by atoms with van der Waals surface area (Å²) in [5.41, 5.74) is 11.7. The predicted octanol–water partition coefficient (Wildman–Crippen LogP) is 8.83. The first-order valence-electron chi connectivity index (χ1n) is 18.6. The van der Waals surface area contributed by atoms with Crippen molar-refractivity contribution < 1.29 is 0 Å². The highest BCUT2D eigenvalue weighted by Gasteiger charge is 2.27. The summed E-state index contributed by atoms with van der Waals surface area (Å²) < 4.78 is 2.01. The summed E-state index contributed by atoms with van der Waals surface area (Å²) in [7, 11) is 6.00. The van der Waals surface area contributed by atoms with E-state index in [2.05, 4.69) is 112 Å². The van der Waals surface area contributed by atoms with Gasteiger partial charge in [0.25, 0.3) is 0 Å². The van der Waals surface area contributed by atoms with Gasteiger partial charge in [-0.15, -0.1) is 0 Å². The molecule has 2 aromatic carbocycles. The molecule has 1 unspecified atom stereocenters. The zero-order chi connectivity index (χ0) is 37.2. The number of allylic oxidation sites excluding steroid dienone is 4. The van der Waals surface area contributed by atoms with Gasteiger partial charge >= 0.3 is 0 Å². The Kier molecular flexibility index (Phi) is 10.5. The van der Waals surface area contributed by atoms with Crippen LogP contribution in [0.5, 0.6) is 0 Å². The van der Waals surface area contributed by atoms with Crippen molar-refractivity contribution in [3.8, 4) is 0 Å². The Hall–Kier alpha value is -5.22. The minimum atomic E-state index is 0.171. The monoisotopic (exact) mass is 730 g/mol. The predicted molar refractivity (Wildman–Crippen MR) is 222 cm³/mol. The van der Waals surface area contributed by atoms with E-state index in [0.717, 1.165) is 115 Å². The van der Waals surface area contributed by atoms with E-state index in [1.807, 2.05) is 18.8 Å². The molecule has 0 amide bonds. The van der Waals surface area contributed by atoms with Crippen molar-refractivity contribution in [2.75, 3.05) is 54.2 Å². The van der Waals surface area contributed by atoms with Gasteiger partial charge in [0.1, 0.15) is 5.02 Å². The standard InChI is InChI=1S/C42H51ClN10/c1-26(44-5)13-15-31-22-32-23-33(16-18-38(32)51(6)29(31)4)48-41-36(43)24-46-42(49-41)53-21-9-10-30(25-53)19-20-45-37-12-8-11-35-39(50-52(7)40(35)37)34-17-14-27(2)47-28(34)3/h8,11-12,16,18,22-24,30,34,44-45,47H,1-4,9-10,13-15,17,19-21,25H2,5-7H3,(H,46,48,49)/t30-,34?/m0/s1. The second-order valence-electron chi connectivity index (χ2n) is 14.5. The fraction of sp³-hybridized carbons (Fsp3) is 0.357. The number of aryl methyl sites for hydroxylation is 1. The zero-order valence-corrected chi connectivity index (χ0v) is 32.0. The molecule has 0 aliphatic carbocycles. The molecular weight excluding hydrogens is 680 g/mol. The lowest BCUT2D eigenvalue weighted by Crippen LogP contribution is -2.37. The summed E-state index contributed by atoms with van der Waals surface area (Å²) in [5, 5.41) is 20.3. The lowest BCUT2D eigenvalue weighted by Gasteiger charge is -2.33. The summed E-state index contributed by atoms with van der Waals surface area (Å²) in [4.78, 5) is 14.0. The Bertz CT molecular complexity index is 2110. The molecule has 4 aromatic rings. The molecular formula is C42H51ClN10. The number of aromatic nitrogens is 4. The van der Waals surface area contributed by atoms with Crippen LogP contribution in [0.2, 0.25) is 5.02 Å². The van der Waals surface area contributed by atoms with E-state index in [-0.39, 0.29) is 5.92 Å². The minimum Gasteiger partial charge on any atom is -0.392 e. The number of fused-ring (bicyclic) bond motifs is 2.